The summed E-state index contributed by atoms with van der Waals surface area (Å²) in [5.41, 5.74) is 1.55. The topological polar surface area (TPSA) is 17.1 Å². The van der Waals surface area contributed by atoms with Gasteiger partial charge in [-0.2, -0.15) is 0 Å². The van der Waals surface area contributed by atoms with Crippen LogP contribution in [0.5, 0.6) is 0 Å². The summed E-state index contributed by atoms with van der Waals surface area (Å²) in [6, 6.07) is 0. The number of allylic oxidation sites excluding steroid dienone is 2. The lowest BCUT2D eigenvalue weighted by Gasteiger charge is -2.21. The first kappa shape index (κ1) is 8.03. The summed E-state index contributed by atoms with van der Waals surface area (Å²) in [6.45, 7) is 3.85. The molecule has 2 aliphatic rings. The van der Waals surface area contributed by atoms with Gasteiger partial charge in [0.1, 0.15) is 5.78 Å². The predicted octanol–water partition coefficient (Wildman–Crippen LogP) is 2.57. The molecule has 2 bridgehead atoms. The average molecular weight is 164 g/mol. The molecule has 0 radical (unpaired) electrons. The highest BCUT2D eigenvalue weighted by Crippen LogP contribution is 2.51. The van der Waals surface area contributed by atoms with Gasteiger partial charge < -0.3 is 0 Å². The van der Waals surface area contributed by atoms with Crippen molar-refractivity contribution in [1.29, 1.82) is 0 Å². The quantitative estimate of drug-likeness (QED) is 0.544. The molecule has 0 spiro atoms. The van der Waals surface area contributed by atoms with E-state index in [1.165, 1.54) is 12.8 Å². The monoisotopic (exact) mass is 164 g/mol. The highest BCUT2D eigenvalue weighted by atomic mass is 16.1. The molecule has 2 saturated carbocycles. The molecule has 2 aliphatic carbocycles. The Morgan fingerprint density at radius 2 is 2.25 bits per heavy atom. The molecule has 0 aromatic heterocycles. The number of Topliss-reactive ketones (excluding diaryl/α,β-unsaturated/α-hetero) is 1. The van der Waals surface area contributed by atoms with E-state index < -0.39 is 0 Å². The first-order chi connectivity index (χ1) is 5.72. The zero-order valence-electron chi connectivity index (χ0n) is 7.84. The summed E-state index contributed by atoms with van der Waals surface area (Å²) < 4.78 is 0. The van der Waals surface area contributed by atoms with Crippen LogP contribution in [0, 0.1) is 17.8 Å². The molecule has 0 aromatic rings. The van der Waals surface area contributed by atoms with Crippen LogP contribution in [-0.2, 0) is 4.79 Å². The number of ketones is 1. The maximum Gasteiger partial charge on any atom is 0.133 e. The SMILES string of the molecule is C/C=C1\CC2CC(C(C)=O)C1C2. The minimum absolute atomic E-state index is 0.370. The largest absolute Gasteiger partial charge is 0.300 e. The molecule has 3 unspecified atom stereocenters. The third kappa shape index (κ3) is 1.03. The smallest absolute Gasteiger partial charge is 0.133 e. The van der Waals surface area contributed by atoms with Crippen molar-refractivity contribution in [3.63, 3.8) is 0 Å². The van der Waals surface area contributed by atoms with Crippen LogP contribution in [0.25, 0.3) is 0 Å². The van der Waals surface area contributed by atoms with E-state index >= 15 is 0 Å². The van der Waals surface area contributed by atoms with Gasteiger partial charge >= 0.3 is 0 Å². The number of hydrogen-bond donors (Lipinski definition) is 0. The van der Waals surface area contributed by atoms with Crippen LogP contribution in [0.15, 0.2) is 11.6 Å². The van der Waals surface area contributed by atoms with Crippen LogP contribution in [-0.4, -0.2) is 5.78 Å². The number of carbonyl (C=O) groups excluding carboxylic acids is 1. The second-order valence-electron chi connectivity index (χ2n) is 4.23. The van der Waals surface area contributed by atoms with Gasteiger partial charge in [0.15, 0.2) is 0 Å². The number of hydrogen-bond acceptors (Lipinski definition) is 1. The van der Waals surface area contributed by atoms with Gasteiger partial charge in [-0.05, 0) is 44.9 Å². The van der Waals surface area contributed by atoms with Gasteiger partial charge in [0.05, 0.1) is 0 Å². The van der Waals surface area contributed by atoms with Gasteiger partial charge in [-0.15, -0.1) is 0 Å². The molecule has 1 heteroatoms. The zero-order valence-corrected chi connectivity index (χ0v) is 7.84. The number of carbonyl (C=O) groups is 1. The molecule has 2 fully saturated rings. The maximum absolute atomic E-state index is 11.3. The van der Waals surface area contributed by atoms with Crippen LogP contribution in [0.3, 0.4) is 0 Å². The van der Waals surface area contributed by atoms with E-state index in [-0.39, 0.29) is 0 Å². The van der Waals surface area contributed by atoms with Crippen molar-refractivity contribution in [2.75, 3.05) is 0 Å². The lowest BCUT2D eigenvalue weighted by Crippen LogP contribution is -2.19. The summed E-state index contributed by atoms with van der Waals surface area (Å²) >= 11 is 0. The van der Waals surface area contributed by atoms with E-state index in [1.54, 1.807) is 12.5 Å². The molecular weight excluding hydrogens is 148 g/mol. The minimum atomic E-state index is 0.370. The van der Waals surface area contributed by atoms with E-state index in [1.807, 2.05) is 0 Å². The highest BCUT2D eigenvalue weighted by Gasteiger charge is 2.44. The summed E-state index contributed by atoms with van der Waals surface area (Å²) in [5.74, 6) is 2.23. The van der Waals surface area contributed by atoms with Crippen molar-refractivity contribution in [3.05, 3.63) is 11.6 Å². The van der Waals surface area contributed by atoms with Gasteiger partial charge in [0.25, 0.3) is 0 Å². The number of rotatable bonds is 1. The summed E-state index contributed by atoms with van der Waals surface area (Å²) in [7, 11) is 0. The van der Waals surface area contributed by atoms with Crippen molar-refractivity contribution in [2.24, 2.45) is 17.8 Å². The van der Waals surface area contributed by atoms with E-state index in [4.69, 9.17) is 0 Å². The lowest BCUT2D eigenvalue weighted by atomic mass is 9.82. The fourth-order valence-electron chi connectivity index (χ4n) is 2.99. The lowest BCUT2D eigenvalue weighted by molar-refractivity contribution is -0.121. The van der Waals surface area contributed by atoms with Crippen LogP contribution < -0.4 is 0 Å². The maximum atomic E-state index is 11.3. The Morgan fingerprint density at radius 1 is 1.50 bits per heavy atom. The van der Waals surface area contributed by atoms with Crippen LogP contribution in [0.1, 0.15) is 33.1 Å². The Hall–Kier alpha value is -0.590. The molecule has 1 nitrogen and oxygen atoms in total. The Bertz CT molecular complexity index is 239. The average Bonchev–Trinajstić information content (AvgIpc) is 2.60. The van der Waals surface area contributed by atoms with Crippen molar-refractivity contribution in [2.45, 2.75) is 33.1 Å². The van der Waals surface area contributed by atoms with Crippen LogP contribution in [0.4, 0.5) is 0 Å². The first-order valence-electron chi connectivity index (χ1n) is 4.88. The molecule has 12 heavy (non-hydrogen) atoms. The number of fused-ring (bicyclic) bond motifs is 2. The summed E-state index contributed by atoms with van der Waals surface area (Å²) in [4.78, 5) is 11.3. The van der Waals surface area contributed by atoms with Crippen molar-refractivity contribution in [1.82, 2.24) is 0 Å². The zero-order chi connectivity index (χ0) is 8.72. The van der Waals surface area contributed by atoms with E-state index in [0.717, 1.165) is 12.3 Å². The van der Waals surface area contributed by atoms with Crippen molar-refractivity contribution >= 4 is 5.78 Å². The highest BCUT2D eigenvalue weighted by molar-refractivity contribution is 5.79. The molecule has 66 valence electrons. The Kier molecular flexibility index (Phi) is 1.82. The van der Waals surface area contributed by atoms with Gasteiger partial charge in [-0.1, -0.05) is 11.6 Å². The normalized spacial score (nSPS) is 42.5. The molecular formula is C11H16O. The summed E-state index contributed by atoms with van der Waals surface area (Å²) in [5, 5.41) is 0. The molecule has 3 atom stereocenters. The van der Waals surface area contributed by atoms with Crippen molar-refractivity contribution < 1.29 is 4.79 Å². The van der Waals surface area contributed by atoms with Gasteiger partial charge in [-0.25, -0.2) is 0 Å². The molecule has 2 rings (SSSR count). The van der Waals surface area contributed by atoms with Gasteiger partial charge in [-0.3, -0.25) is 4.79 Å². The van der Waals surface area contributed by atoms with Gasteiger partial charge in [0, 0.05) is 5.92 Å². The van der Waals surface area contributed by atoms with Crippen LogP contribution >= 0.6 is 0 Å². The third-order valence-electron chi connectivity index (χ3n) is 3.55. The molecule has 0 amide bonds. The standard InChI is InChI=1S/C11H16O/c1-3-9-4-8-5-10(7(2)12)11(9)6-8/h3,8,10-11H,4-6H2,1-2H3/b9-3+. The fraction of sp³-hybridized carbons (Fsp3) is 0.727. The van der Waals surface area contributed by atoms with Crippen molar-refractivity contribution in [3.8, 4) is 0 Å². The Balaban J connectivity index is 2.20. The van der Waals surface area contributed by atoms with E-state index in [9.17, 15) is 4.79 Å². The summed E-state index contributed by atoms with van der Waals surface area (Å²) in [6.07, 6.45) is 5.94. The van der Waals surface area contributed by atoms with Crippen LogP contribution in [0.2, 0.25) is 0 Å². The third-order valence-corrected chi connectivity index (χ3v) is 3.55. The first-order valence-corrected chi connectivity index (χ1v) is 4.88. The Morgan fingerprint density at radius 3 is 2.75 bits per heavy atom. The second kappa shape index (κ2) is 2.72. The molecule has 0 N–H and O–H groups in total. The molecule has 0 aliphatic heterocycles. The minimum Gasteiger partial charge on any atom is -0.300 e. The van der Waals surface area contributed by atoms with E-state index in [2.05, 4.69) is 13.0 Å². The fourth-order valence-corrected chi connectivity index (χ4v) is 2.99. The predicted molar refractivity (Wildman–Crippen MR) is 48.8 cm³/mol. The molecule has 0 heterocycles. The Labute approximate surface area is 73.8 Å². The second-order valence-corrected chi connectivity index (χ2v) is 4.23. The van der Waals surface area contributed by atoms with E-state index in [0.29, 0.717) is 17.6 Å². The van der Waals surface area contributed by atoms with Gasteiger partial charge in [0.2, 0.25) is 0 Å². The molecule has 0 aromatic carbocycles. The molecule has 0 saturated heterocycles.